The van der Waals surface area contributed by atoms with Crippen LogP contribution in [0.1, 0.15) is 57.1 Å². The van der Waals surface area contributed by atoms with E-state index in [2.05, 4.69) is 4.99 Å². The lowest BCUT2D eigenvalue weighted by Crippen LogP contribution is -2.44. The number of hydrogen-bond acceptors (Lipinski definition) is 4. The van der Waals surface area contributed by atoms with E-state index in [1.54, 1.807) is 25.7 Å². The third-order valence-electron chi connectivity index (χ3n) is 6.60. The quantitative estimate of drug-likeness (QED) is 0.518. The van der Waals surface area contributed by atoms with Gasteiger partial charge in [-0.05, 0) is 68.7 Å². The first-order chi connectivity index (χ1) is 16.7. The molecule has 0 aromatic heterocycles. The number of ether oxygens (including phenoxy) is 1. The van der Waals surface area contributed by atoms with Crippen molar-refractivity contribution in [1.82, 2.24) is 9.80 Å². The predicted octanol–water partition coefficient (Wildman–Crippen LogP) is 5.08. The number of carbonyl (C=O) groups is 2. The highest BCUT2D eigenvalue weighted by Crippen LogP contribution is 2.41. The molecule has 1 fully saturated rings. The second kappa shape index (κ2) is 9.48. The largest absolute Gasteiger partial charge is 0.444 e. The number of likely N-dealkylation sites (tertiary alicyclic amines) is 1. The van der Waals surface area contributed by atoms with Crippen LogP contribution in [0.3, 0.4) is 0 Å². The number of benzene rings is 1. The molecule has 196 valence electrons. The Balaban J connectivity index is 1.42. The first-order valence-electron chi connectivity index (χ1n) is 11.8. The second-order valence-corrected chi connectivity index (χ2v) is 10.3. The summed E-state index contributed by atoms with van der Waals surface area (Å²) in [4.78, 5) is 33.1. The van der Waals surface area contributed by atoms with Crippen molar-refractivity contribution in [3.05, 3.63) is 46.0 Å². The molecule has 0 unspecified atom stereocenters. The lowest BCUT2D eigenvalue weighted by molar-refractivity contribution is -0.141. The topological polar surface area (TPSA) is 62.2 Å². The van der Waals surface area contributed by atoms with Gasteiger partial charge in [-0.2, -0.15) is 13.2 Å². The van der Waals surface area contributed by atoms with Crippen molar-refractivity contribution in [3.8, 4) is 0 Å². The third kappa shape index (κ3) is 5.39. The van der Waals surface area contributed by atoms with Crippen LogP contribution in [0.2, 0.25) is 0 Å². The fraction of sp³-hybridized carbons (Fsp3) is 0.560. The predicted molar refractivity (Wildman–Crippen MR) is 122 cm³/mol. The summed E-state index contributed by atoms with van der Waals surface area (Å²) in [5.74, 6) is -3.74. The van der Waals surface area contributed by atoms with Gasteiger partial charge in [-0.3, -0.25) is 9.79 Å². The van der Waals surface area contributed by atoms with Crippen molar-refractivity contribution in [2.45, 2.75) is 57.7 Å². The Morgan fingerprint density at radius 3 is 2.31 bits per heavy atom. The summed E-state index contributed by atoms with van der Waals surface area (Å²) in [7, 11) is 0. The van der Waals surface area contributed by atoms with E-state index in [-0.39, 0.29) is 37.9 Å². The van der Waals surface area contributed by atoms with Crippen molar-refractivity contribution in [2.75, 3.05) is 32.7 Å². The first-order valence-corrected chi connectivity index (χ1v) is 11.8. The molecule has 4 rings (SSSR count). The van der Waals surface area contributed by atoms with Crippen LogP contribution in [0.25, 0.3) is 0 Å². The minimum absolute atomic E-state index is 0.142. The molecule has 0 radical (unpaired) electrons. The molecular weight excluding hydrogens is 485 g/mol. The van der Waals surface area contributed by atoms with Gasteiger partial charge in [0.2, 0.25) is 0 Å². The van der Waals surface area contributed by atoms with Crippen molar-refractivity contribution >= 4 is 17.7 Å². The molecule has 6 nitrogen and oxygen atoms in total. The smallest absolute Gasteiger partial charge is 0.419 e. The number of alkyl halides is 3. The minimum atomic E-state index is -4.95. The summed E-state index contributed by atoms with van der Waals surface area (Å²) in [5, 5.41) is 0. The van der Waals surface area contributed by atoms with Gasteiger partial charge in [-0.1, -0.05) is 0 Å². The van der Waals surface area contributed by atoms with Gasteiger partial charge in [-0.25, -0.2) is 13.6 Å². The van der Waals surface area contributed by atoms with Crippen LogP contribution in [-0.4, -0.2) is 65.8 Å². The van der Waals surface area contributed by atoms with E-state index in [9.17, 15) is 31.5 Å². The molecule has 0 bridgehead atoms. The number of amides is 2. The Bertz CT molecular complexity index is 1130. The highest BCUT2D eigenvalue weighted by atomic mass is 19.4. The summed E-state index contributed by atoms with van der Waals surface area (Å²) in [6.07, 6.45) is -4.64. The van der Waals surface area contributed by atoms with Gasteiger partial charge in [0.15, 0.2) is 0 Å². The molecule has 0 saturated carbocycles. The lowest BCUT2D eigenvalue weighted by Gasteiger charge is -2.34. The summed E-state index contributed by atoms with van der Waals surface area (Å²) >= 11 is 0. The number of nitrogens with zero attached hydrogens (tertiary/aromatic N) is 3. The first kappa shape index (κ1) is 26.1. The fourth-order valence-electron chi connectivity index (χ4n) is 4.97. The zero-order chi connectivity index (χ0) is 26.4. The van der Waals surface area contributed by atoms with E-state index < -0.39 is 46.5 Å². The van der Waals surface area contributed by atoms with Crippen LogP contribution < -0.4 is 0 Å². The number of piperidine rings is 1. The maximum atomic E-state index is 14.0. The highest BCUT2D eigenvalue weighted by molar-refractivity contribution is 6.46. The normalized spacial score (nSPS) is 19.4. The molecule has 3 heterocycles. The maximum absolute atomic E-state index is 14.0. The van der Waals surface area contributed by atoms with E-state index in [0.29, 0.717) is 31.8 Å². The van der Waals surface area contributed by atoms with Crippen LogP contribution in [0.5, 0.6) is 0 Å². The second-order valence-electron chi connectivity index (χ2n) is 10.3. The van der Waals surface area contributed by atoms with Crippen LogP contribution in [0.4, 0.5) is 26.7 Å². The molecule has 2 amide bonds. The van der Waals surface area contributed by atoms with Crippen molar-refractivity contribution < 1.29 is 36.3 Å². The average molecular weight is 514 g/mol. The number of rotatable bonds is 2. The molecule has 1 aromatic rings. The molecule has 0 atom stereocenters. The van der Waals surface area contributed by atoms with Crippen molar-refractivity contribution in [3.63, 3.8) is 0 Å². The van der Waals surface area contributed by atoms with Gasteiger partial charge in [-0.15, -0.1) is 0 Å². The van der Waals surface area contributed by atoms with Gasteiger partial charge < -0.3 is 14.5 Å². The molecule has 11 heteroatoms. The molecule has 0 spiro atoms. The zero-order valence-electron chi connectivity index (χ0n) is 20.3. The fourth-order valence-corrected chi connectivity index (χ4v) is 4.97. The van der Waals surface area contributed by atoms with Gasteiger partial charge in [0.05, 0.1) is 12.1 Å². The van der Waals surface area contributed by atoms with E-state index in [1.807, 2.05) is 0 Å². The Hall–Kier alpha value is -2.98. The Morgan fingerprint density at radius 1 is 1.03 bits per heavy atom. The SMILES string of the molecule is CC(C)(C)OC(=O)N1CCC2=C(CN=C2C(=O)N2CCC(c3cc(F)cc(F)c3C(F)(F)F)CC2)C1. The van der Waals surface area contributed by atoms with Crippen LogP contribution in [0.15, 0.2) is 28.3 Å². The summed E-state index contributed by atoms with van der Waals surface area (Å²) in [6.45, 7) is 6.64. The Morgan fingerprint density at radius 2 is 1.69 bits per heavy atom. The average Bonchev–Trinajstić information content (AvgIpc) is 3.19. The van der Waals surface area contributed by atoms with Crippen LogP contribution in [-0.2, 0) is 15.7 Å². The summed E-state index contributed by atoms with van der Waals surface area (Å²) in [6, 6.07) is 0.979. The van der Waals surface area contributed by atoms with Crippen molar-refractivity contribution in [2.24, 2.45) is 4.99 Å². The van der Waals surface area contributed by atoms with Gasteiger partial charge >= 0.3 is 12.3 Å². The van der Waals surface area contributed by atoms with Gasteiger partial charge in [0.25, 0.3) is 5.91 Å². The number of hydrogen-bond donors (Lipinski definition) is 0. The van der Waals surface area contributed by atoms with Gasteiger partial charge in [0, 0.05) is 32.2 Å². The number of aliphatic imine (C=N–C) groups is 1. The monoisotopic (exact) mass is 513 g/mol. The zero-order valence-corrected chi connectivity index (χ0v) is 20.3. The van der Waals surface area contributed by atoms with Gasteiger partial charge in [0.1, 0.15) is 22.9 Å². The van der Waals surface area contributed by atoms with Crippen molar-refractivity contribution in [1.29, 1.82) is 0 Å². The minimum Gasteiger partial charge on any atom is -0.444 e. The molecule has 3 aliphatic heterocycles. The van der Waals surface area contributed by atoms with E-state index in [0.717, 1.165) is 17.2 Å². The molecule has 36 heavy (non-hydrogen) atoms. The van der Waals surface area contributed by atoms with E-state index in [4.69, 9.17) is 4.74 Å². The molecule has 0 aliphatic carbocycles. The maximum Gasteiger partial charge on any atom is 0.419 e. The lowest BCUT2D eigenvalue weighted by atomic mass is 9.85. The van der Waals surface area contributed by atoms with Crippen LogP contribution >= 0.6 is 0 Å². The van der Waals surface area contributed by atoms with Crippen LogP contribution in [0, 0.1) is 11.6 Å². The highest BCUT2D eigenvalue weighted by Gasteiger charge is 2.41. The third-order valence-corrected chi connectivity index (χ3v) is 6.60. The molecule has 0 N–H and O–H groups in total. The molecule has 1 saturated heterocycles. The molecule has 1 aromatic carbocycles. The Kier molecular flexibility index (Phi) is 6.87. The van der Waals surface area contributed by atoms with E-state index in [1.165, 1.54) is 4.90 Å². The molecule has 3 aliphatic rings. The molecular formula is C25H28F5N3O3. The number of halogens is 5. The van der Waals surface area contributed by atoms with E-state index >= 15 is 0 Å². The standard InChI is InChI=1S/C25H28F5N3O3/c1-24(2,3)36-23(35)33-9-6-17-15(13-33)12-31-21(17)22(34)32-7-4-14(5-8-32)18-10-16(26)11-19(27)20(18)25(28,29)30/h10-11,14H,4-9,12-13H2,1-3H3. The number of carbonyl (C=O) groups excluding carboxylic acids is 2. The summed E-state index contributed by atoms with van der Waals surface area (Å²) < 4.78 is 73.5. The Labute approximate surface area is 205 Å². The summed E-state index contributed by atoms with van der Waals surface area (Å²) in [5.41, 5.74) is -0.488.